The molecule has 1 aromatic rings. The number of hydrogen-bond acceptors (Lipinski definition) is 2. The maximum Gasteiger partial charge on any atom is 0.314 e. The van der Waals surface area contributed by atoms with Gasteiger partial charge in [-0.2, -0.15) is 0 Å². The minimum absolute atomic E-state index is 0. The molecule has 0 heterocycles. The van der Waals surface area contributed by atoms with Crippen molar-refractivity contribution in [1.82, 2.24) is 0 Å². The molecule has 0 amide bonds. The maximum atomic E-state index is 13.8. The second-order valence-corrected chi connectivity index (χ2v) is 7.99. The number of halogens is 1. The summed E-state index contributed by atoms with van der Waals surface area (Å²) in [4.78, 5) is 12.3. The molecule has 3 heteroatoms. The topological polar surface area (TPSA) is 26.3 Å². The first-order valence-electron chi connectivity index (χ1n) is 9.50. The Kier molecular flexibility index (Phi) is 7.04. The first kappa shape index (κ1) is 19.9. The van der Waals surface area contributed by atoms with Crippen molar-refractivity contribution in [2.75, 3.05) is 0 Å². The number of ether oxygens (including phenoxy) is 1. The highest BCUT2D eigenvalue weighted by Crippen LogP contribution is 2.41. The Hall–Kier alpha value is -1.38. The van der Waals surface area contributed by atoms with Crippen LogP contribution in [0.4, 0.5) is 4.39 Å². The highest BCUT2D eigenvalue weighted by atomic mass is 19.1. The SMILES string of the molecule is C.Cc1ccc(OC(=O)C2CCC(C3CCC(C)CC3)CC2)c(F)c1.[HH].[HH]. The summed E-state index contributed by atoms with van der Waals surface area (Å²) < 4.78 is 19.2. The molecule has 25 heavy (non-hydrogen) atoms. The van der Waals surface area contributed by atoms with Crippen LogP contribution < -0.4 is 4.74 Å². The number of carbonyl (C=O) groups excluding carboxylic acids is 1. The minimum atomic E-state index is -0.451. The van der Waals surface area contributed by atoms with Gasteiger partial charge in [0.1, 0.15) is 0 Å². The molecule has 0 N–H and O–H groups in total. The summed E-state index contributed by atoms with van der Waals surface area (Å²) in [5.74, 6) is 1.81. The Morgan fingerprint density at radius 1 is 1.04 bits per heavy atom. The van der Waals surface area contributed by atoms with E-state index in [0.29, 0.717) is 0 Å². The van der Waals surface area contributed by atoms with E-state index in [0.717, 1.165) is 49.0 Å². The Morgan fingerprint density at radius 3 is 2.16 bits per heavy atom. The zero-order chi connectivity index (χ0) is 17.1. The van der Waals surface area contributed by atoms with Crippen LogP contribution in [0.1, 0.15) is 74.1 Å². The number of hydrogen-bond donors (Lipinski definition) is 0. The molecule has 0 spiro atoms. The van der Waals surface area contributed by atoms with Gasteiger partial charge in [0.05, 0.1) is 5.92 Å². The van der Waals surface area contributed by atoms with E-state index in [1.807, 2.05) is 6.92 Å². The average Bonchev–Trinajstić information content (AvgIpc) is 2.58. The van der Waals surface area contributed by atoms with E-state index in [9.17, 15) is 9.18 Å². The van der Waals surface area contributed by atoms with Gasteiger partial charge in [0.15, 0.2) is 11.6 Å². The molecule has 2 saturated carbocycles. The van der Waals surface area contributed by atoms with E-state index in [2.05, 4.69) is 6.92 Å². The number of esters is 1. The standard InChI is InChI=1S/C21H29FO2.CH4.2H2/c1-14-3-6-16(7-4-14)17-8-10-18(11-9-17)21(23)24-20-12-5-15(2)13-19(20)22;;;/h5,12-14,16-18H,3-4,6-11H2,1-2H3;1H4;2*1H. The van der Waals surface area contributed by atoms with Gasteiger partial charge >= 0.3 is 5.97 Å². The van der Waals surface area contributed by atoms with Gasteiger partial charge in [-0.25, -0.2) is 4.39 Å². The molecule has 3 rings (SSSR count). The average molecular weight is 353 g/mol. The van der Waals surface area contributed by atoms with E-state index in [-0.39, 0.29) is 27.9 Å². The summed E-state index contributed by atoms with van der Waals surface area (Å²) in [7, 11) is 0. The molecule has 0 saturated heterocycles. The van der Waals surface area contributed by atoms with Crippen molar-refractivity contribution in [2.45, 2.75) is 72.6 Å². The molecule has 0 unspecified atom stereocenters. The van der Waals surface area contributed by atoms with Gasteiger partial charge in [-0.15, -0.1) is 0 Å². The number of benzene rings is 1. The molecule has 2 aliphatic rings. The van der Waals surface area contributed by atoms with Gasteiger partial charge in [-0.1, -0.05) is 33.3 Å². The quantitative estimate of drug-likeness (QED) is 0.441. The van der Waals surface area contributed by atoms with Crippen molar-refractivity contribution in [2.24, 2.45) is 23.7 Å². The summed E-state index contributed by atoms with van der Waals surface area (Å²) in [6.07, 6.45) is 9.46. The summed E-state index contributed by atoms with van der Waals surface area (Å²) in [6, 6.07) is 4.73. The molecule has 0 radical (unpaired) electrons. The Balaban J connectivity index is 0.00000225. The Labute approximate surface area is 155 Å². The third-order valence-corrected chi connectivity index (χ3v) is 6.13. The lowest BCUT2D eigenvalue weighted by Gasteiger charge is -2.36. The second-order valence-electron chi connectivity index (χ2n) is 7.99. The molecular formula is C22H37FO2. The van der Waals surface area contributed by atoms with E-state index >= 15 is 0 Å². The smallest absolute Gasteiger partial charge is 0.314 e. The van der Waals surface area contributed by atoms with Gasteiger partial charge in [0, 0.05) is 2.85 Å². The third-order valence-electron chi connectivity index (χ3n) is 6.13. The van der Waals surface area contributed by atoms with Crippen molar-refractivity contribution in [1.29, 1.82) is 0 Å². The molecule has 2 aliphatic carbocycles. The molecule has 2 fully saturated rings. The number of aryl methyl sites for hydroxylation is 1. The van der Waals surface area contributed by atoms with E-state index in [1.165, 1.54) is 31.7 Å². The summed E-state index contributed by atoms with van der Waals surface area (Å²) >= 11 is 0. The molecule has 0 aliphatic heterocycles. The molecular weight excluding hydrogens is 315 g/mol. The van der Waals surface area contributed by atoms with Crippen LogP contribution in [0, 0.1) is 36.4 Å². The molecule has 2 nitrogen and oxygen atoms in total. The summed E-state index contributed by atoms with van der Waals surface area (Å²) in [5.41, 5.74) is 0.828. The van der Waals surface area contributed by atoms with Crippen molar-refractivity contribution >= 4 is 5.97 Å². The molecule has 0 atom stereocenters. The number of carbonyl (C=O) groups is 1. The number of rotatable bonds is 3. The van der Waals surface area contributed by atoms with Crippen LogP contribution in [0.5, 0.6) is 5.75 Å². The predicted octanol–water partition coefficient (Wildman–Crippen LogP) is 6.80. The zero-order valence-corrected chi connectivity index (χ0v) is 14.9. The molecule has 0 bridgehead atoms. The molecule has 144 valence electrons. The third kappa shape index (κ3) is 5.05. The van der Waals surface area contributed by atoms with E-state index < -0.39 is 5.82 Å². The van der Waals surface area contributed by atoms with Gasteiger partial charge in [-0.05, 0) is 80.9 Å². The first-order chi connectivity index (χ1) is 11.5. The zero-order valence-electron chi connectivity index (χ0n) is 14.9. The maximum absolute atomic E-state index is 13.8. The fourth-order valence-electron chi connectivity index (χ4n) is 4.46. The van der Waals surface area contributed by atoms with Crippen molar-refractivity contribution in [3.63, 3.8) is 0 Å². The Bertz CT molecular complexity index is 578. The van der Waals surface area contributed by atoms with Crippen LogP contribution >= 0.6 is 0 Å². The molecule has 1 aromatic carbocycles. The van der Waals surface area contributed by atoms with Gasteiger partial charge in [0.2, 0.25) is 0 Å². The predicted molar refractivity (Wildman–Crippen MR) is 104 cm³/mol. The Morgan fingerprint density at radius 2 is 1.60 bits per heavy atom. The van der Waals surface area contributed by atoms with Crippen LogP contribution in [-0.4, -0.2) is 5.97 Å². The largest absolute Gasteiger partial charge is 0.423 e. The van der Waals surface area contributed by atoms with Crippen molar-refractivity contribution in [3.8, 4) is 5.75 Å². The fraction of sp³-hybridized carbons (Fsp3) is 0.682. The van der Waals surface area contributed by atoms with E-state index in [4.69, 9.17) is 4.74 Å². The first-order valence-corrected chi connectivity index (χ1v) is 9.50. The van der Waals surface area contributed by atoms with Crippen molar-refractivity contribution in [3.05, 3.63) is 29.6 Å². The van der Waals surface area contributed by atoms with Crippen LogP contribution in [0.3, 0.4) is 0 Å². The monoisotopic (exact) mass is 352 g/mol. The van der Waals surface area contributed by atoms with Crippen molar-refractivity contribution < 1.29 is 16.8 Å². The lowest BCUT2D eigenvalue weighted by atomic mass is 9.69. The lowest BCUT2D eigenvalue weighted by molar-refractivity contribution is -0.140. The summed E-state index contributed by atoms with van der Waals surface area (Å²) in [6.45, 7) is 4.18. The van der Waals surface area contributed by atoms with Gasteiger partial charge < -0.3 is 4.74 Å². The minimum Gasteiger partial charge on any atom is -0.423 e. The highest BCUT2D eigenvalue weighted by molar-refractivity contribution is 5.75. The van der Waals surface area contributed by atoms with Crippen LogP contribution in [0.15, 0.2) is 18.2 Å². The van der Waals surface area contributed by atoms with Crippen LogP contribution in [0.25, 0.3) is 0 Å². The normalized spacial score (nSPS) is 29.6. The summed E-state index contributed by atoms with van der Waals surface area (Å²) in [5, 5.41) is 0. The van der Waals surface area contributed by atoms with Crippen LogP contribution in [0.2, 0.25) is 0 Å². The highest BCUT2D eigenvalue weighted by Gasteiger charge is 2.33. The fourth-order valence-corrected chi connectivity index (χ4v) is 4.46. The van der Waals surface area contributed by atoms with E-state index in [1.54, 1.807) is 12.1 Å². The lowest BCUT2D eigenvalue weighted by Crippen LogP contribution is -2.30. The van der Waals surface area contributed by atoms with Gasteiger partial charge in [-0.3, -0.25) is 4.79 Å². The van der Waals surface area contributed by atoms with Crippen LogP contribution in [-0.2, 0) is 4.79 Å². The second kappa shape index (κ2) is 8.82. The van der Waals surface area contributed by atoms with Gasteiger partial charge in [0.25, 0.3) is 0 Å². The molecule has 0 aromatic heterocycles.